The lowest BCUT2D eigenvalue weighted by molar-refractivity contribution is -0.151. The topological polar surface area (TPSA) is 83.9 Å². The van der Waals surface area contributed by atoms with Gasteiger partial charge in [-0.2, -0.15) is 0 Å². The number of carbonyl (C=O) groups is 3. The summed E-state index contributed by atoms with van der Waals surface area (Å²) < 4.78 is 4.62. The molecule has 24 heavy (non-hydrogen) atoms. The first-order valence-electron chi connectivity index (χ1n) is 7.74. The molecule has 1 N–H and O–H groups in total. The second-order valence-corrected chi connectivity index (χ2v) is 7.19. The molecule has 1 aromatic rings. The molecular formula is C17H21NO5S. The average Bonchev–Trinajstić information content (AvgIpc) is 2.99. The SMILES string of the molecule is COC(=O)C(C)CC(=O)N1CC(Sc2ccccc2)C[C@H]1C(=O)O. The number of likely N-dealkylation sites (tertiary alicyclic amines) is 1. The predicted molar refractivity (Wildman–Crippen MR) is 89.6 cm³/mol. The maximum atomic E-state index is 12.4. The summed E-state index contributed by atoms with van der Waals surface area (Å²) in [6.45, 7) is 1.97. The van der Waals surface area contributed by atoms with E-state index < -0.39 is 23.9 Å². The van der Waals surface area contributed by atoms with Crippen LogP contribution in [0.15, 0.2) is 35.2 Å². The summed E-state index contributed by atoms with van der Waals surface area (Å²) in [6, 6.07) is 8.85. The largest absolute Gasteiger partial charge is 0.480 e. The van der Waals surface area contributed by atoms with Gasteiger partial charge < -0.3 is 14.7 Å². The van der Waals surface area contributed by atoms with Crippen LogP contribution in [-0.4, -0.2) is 52.8 Å². The van der Waals surface area contributed by atoms with Gasteiger partial charge in [-0.05, 0) is 18.6 Å². The average molecular weight is 351 g/mol. The Labute approximate surface area is 145 Å². The summed E-state index contributed by atoms with van der Waals surface area (Å²) in [5, 5.41) is 9.43. The number of ether oxygens (including phenoxy) is 1. The fourth-order valence-electron chi connectivity index (χ4n) is 2.75. The number of carboxylic acids is 1. The van der Waals surface area contributed by atoms with Gasteiger partial charge in [0.05, 0.1) is 13.0 Å². The van der Waals surface area contributed by atoms with Gasteiger partial charge in [-0.1, -0.05) is 25.1 Å². The van der Waals surface area contributed by atoms with Crippen LogP contribution in [0.25, 0.3) is 0 Å². The molecule has 3 atom stereocenters. The van der Waals surface area contributed by atoms with Crippen LogP contribution in [-0.2, 0) is 19.1 Å². The van der Waals surface area contributed by atoms with Crippen LogP contribution in [0.1, 0.15) is 19.8 Å². The Morgan fingerprint density at radius 3 is 2.58 bits per heavy atom. The van der Waals surface area contributed by atoms with Crippen LogP contribution in [0, 0.1) is 5.92 Å². The molecule has 7 heteroatoms. The van der Waals surface area contributed by atoms with Gasteiger partial charge in [0.2, 0.25) is 5.91 Å². The Morgan fingerprint density at radius 1 is 1.33 bits per heavy atom. The van der Waals surface area contributed by atoms with E-state index in [1.807, 2.05) is 30.3 Å². The maximum Gasteiger partial charge on any atom is 0.326 e. The quantitative estimate of drug-likeness (QED) is 0.790. The van der Waals surface area contributed by atoms with Crippen molar-refractivity contribution < 1.29 is 24.2 Å². The van der Waals surface area contributed by atoms with Gasteiger partial charge in [-0.25, -0.2) is 4.79 Å². The van der Waals surface area contributed by atoms with Crippen LogP contribution in [0.4, 0.5) is 0 Å². The van der Waals surface area contributed by atoms with Gasteiger partial charge >= 0.3 is 11.9 Å². The second-order valence-electron chi connectivity index (χ2n) is 5.82. The Bertz CT molecular complexity index is 606. The van der Waals surface area contributed by atoms with Crippen molar-refractivity contribution in [1.82, 2.24) is 4.90 Å². The van der Waals surface area contributed by atoms with Crippen molar-refractivity contribution in [1.29, 1.82) is 0 Å². The monoisotopic (exact) mass is 351 g/mol. The van der Waals surface area contributed by atoms with Crippen LogP contribution in [0.2, 0.25) is 0 Å². The molecule has 1 saturated heterocycles. The summed E-state index contributed by atoms with van der Waals surface area (Å²) in [4.78, 5) is 37.8. The van der Waals surface area contributed by atoms with Gasteiger partial charge in [0.15, 0.2) is 0 Å². The van der Waals surface area contributed by atoms with Crippen LogP contribution >= 0.6 is 11.8 Å². The Kier molecular flexibility index (Phi) is 6.25. The smallest absolute Gasteiger partial charge is 0.326 e. The number of thioether (sulfide) groups is 1. The molecule has 1 heterocycles. The van der Waals surface area contributed by atoms with Crippen molar-refractivity contribution in [2.75, 3.05) is 13.7 Å². The molecule has 1 aromatic carbocycles. The second kappa shape index (κ2) is 8.19. The van der Waals surface area contributed by atoms with Crippen LogP contribution in [0.5, 0.6) is 0 Å². The Hall–Kier alpha value is -2.02. The standard InChI is InChI=1S/C17H21NO5S/c1-11(17(22)23-2)8-15(19)18-10-13(9-14(18)16(20)21)24-12-6-4-3-5-7-12/h3-7,11,13-14H,8-10H2,1-2H3,(H,20,21)/t11?,13?,14-/m0/s1. The molecule has 0 aliphatic carbocycles. The number of esters is 1. The molecule has 0 radical (unpaired) electrons. The van der Waals surface area contributed by atoms with Gasteiger partial charge in [-0.15, -0.1) is 11.8 Å². The van der Waals surface area contributed by atoms with Crippen molar-refractivity contribution in [2.24, 2.45) is 5.92 Å². The van der Waals surface area contributed by atoms with Crippen LogP contribution in [0.3, 0.4) is 0 Å². The lowest BCUT2D eigenvalue weighted by atomic mass is 10.1. The van der Waals surface area contributed by atoms with E-state index in [1.165, 1.54) is 12.0 Å². The zero-order valence-electron chi connectivity index (χ0n) is 13.7. The molecule has 1 aliphatic rings. The number of benzene rings is 1. The lowest BCUT2D eigenvalue weighted by Crippen LogP contribution is -2.41. The predicted octanol–water partition coefficient (Wildman–Crippen LogP) is 2.03. The van der Waals surface area contributed by atoms with E-state index >= 15 is 0 Å². The number of amides is 1. The van der Waals surface area contributed by atoms with E-state index in [0.717, 1.165) is 4.90 Å². The molecule has 2 unspecified atom stereocenters. The Morgan fingerprint density at radius 2 is 2.00 bits per heavy atom. The lowest BCUT2D eigenvalue weighted by Gasteiger charge is -2.22. The van der Waals surface area contributed by atoms with Crippen molar-refractivity contribution in [3.05, 3.63) is 30.3 Å². The van der Waals surface area contributed by atoms with E-state index in [-0.39, 0.29) is 17.6 Å². The molecule has 0 bridgehead atoms. The minimum atomic E-state index is -1.01. The summed E-state index contributed by atoms with van der Waals surface area (Å²) in [6.07, 6.45) is 0.354. The number of rotatable bonds is 6. The van der Waals surface area contributed by atoms with Crippen molar-refractivity contribution in [3.63, 3.8) is 0 Å². The number of methoxy groups -OCH3 is 1. The first-order valence-corrected chi connectivity index (χ1v) is 8.62. The third-order valence-electron chi connectivity index (χ3n) is 4.00. The number of hydrogen-bond donors (Lipinski definition) is 1. The number of carboxylic acid groups (broad SMARTS) is 1. The minimum absolute atomic E-state index is 0.0193. The highest BCUT2D eigenvalue weighted by atomic mass is 32.2. The molecule has 0 saturated carbocycles. The zero-order valence-corrected chi connectivity index (χ0v) is 14.5. The fraction of sp³-hybridized carbons (Fsp3) is 0.471. The van der Waals surface area contributed by atoms with E-state index in [0.29, 0.717) is 13.0 Å². The van der Waals surface area contributed by atoms with Crippen LogP contribution < -0.4 is 0 Å². The number of aliphatic carboxylic acids is 1. The van der Waals surface area contributed by atoms with Gasteiger partial charge in [-0.3, -0.25) is 9.59 Å². The van der Waals surface area contributed by atoms with Crippen molar-refractivity contribution in [2.45, 2.75) is 36.0 Å². The third kappa shape index (κ3) is 4.50. The molecule has 1 amide bonds. The molecule has 1 fully saturated rings. The summed E-state index contributed by atoms with van der Waals surface area (Å²) in [5.41, 5.74) is 0. The highest BCUT2D eigenvalue weighted by molar-refractivity contribution is 8.00. The molecule has 6 nitrogen and oxygen atoms in total. The highest BCUT2D eigenvalue weighted by Gasteiger charge is 2.40. The minimum Gasteiger partial charge on any atom is -0.480 e. The van der Waals surface area contributed by atoms with Crippen molar-refractivity contribution >= 4 is 29.6 Å². The summed E-state index contributed by atoms with van der Waals surface area (Å²) in [5.74, 6) is -2.39. The molecule has 130 valence electrons. The Balaban J connectivity index is 2.03. The van der Waals surface area contributed by atoms with Gasteiger partial charge in [0, 0.05) is 23.1 Å². The summed E-state index contributed by atoms with van der Waals surface area (Å²) >= 11 is 1.57. The molecule has 0 spiro atoms. The number of nitrogens with zero attached hydrogens (tertiary/aromatic N) is 1. The van der Waals surface area contributed by atoms with Gasteiger partial charge in [0.1, 0.15) is 6.04 Å². The maximum absolute atomic E-state index is 12.4. The molecule has 0 aromatic heterocycles. The molecular weight excluding hydrogens is 330 g/mol. The number of carbonyl (C=O) groups excluding carboxylic acids is 2. The first kappa shape index (κ1) is 18.3. The fourth-order valence-corrected chi connectivity index (χ4v) is 3.96. The van der Waals surface area contributed by atoms with E-state index in [4.69, 9.17) is 0 Å². The van der Waals surface area contributed by atoms with E-state index in [2.05, 4.69) is 4.74 Å². The third-order valence-corrected chi connectivity index (χ3v) is 5.22. The first-order chi connectivity index (χ1) is 11.4. The molecule has 1 aliphatic heterocycles. The normalized spacial score (nSPS) is 21.3. The van der Waals surface area contributed by atoms with Crippen molar-refractivity contribution in [3.8, 4) is 0 Å². The number of hydrogen-bond acceptors (Lipinski definition) is 5. The zero-order chi connectivity index (χ0) is 17.7. The van der Waals surface area contributed by atoms with E-state index in [1.54, 1.807) is 18.7 Å². The van der Waals surface area contributed by atoms with E-state index in [9.17, 15) is 19.5 Å². The van der Waals surface area contributed by atoms with Gasteiger partial charge in [0.25, 0.3) is 0 Å². The molecule has 2 rings (SSSR count). The summed E-state index contributed by atoms with van der Waals surface area (Å²) in [7, 11) is 1.27. The highest BCUT2D eigenvalue weighted by Crippen LogP contribution is 2.33.